The summed E-state index contributed by atoms with van der Waals surface area (Å²) in [6.45, 7) is 9.43. The molecule has 7 heteroatoms. The Balaban J connectivity index is 1.57. The number of fused-ring (bicyclic) bond motifs is 1. The van der Waals surface area contributed by atoms with Crippen LogP contribution in [-0.4, -0.2) is 32.4 Å². The number of thiazole rings is 1. The highest BCUT2D eigenvalue weighted by atomic mass is 32.1. The largest absolute Gasteiger partial charge is 0.396 e. The van der Waals surface area contributed by atoms with Crippen molar-refractivity contribution in [3.05, 3.63) is 63.8 Å². The van der Waals surface area contributed by atoms with E-state index >= 15 is 0 Å². The number of anilines is 1. The van der Waals surface area contributed by atoms with Gasteiger partial charge in [-0.3, -0.25) is 0 Å². The summed E-state index contributed by atoms with van der Waals surface area (Å²) in [5, 5.41) is 14.2. The SMILES string of the molecule is CCC1=Cc2nc(-c3c(C)nc(NCc4ccccc4)nc3N=C3CC(CO)C(C)C3C)sc2C=CC1. The molecule has 2 heterocycles. The van der Waals surface area contributed by atoms with Gasteiger partial charge in [0, 0.05) is 18.9 Å². The van der Waals surface area contributed by atoms with E-state index in [9.17, 15) is 5.11 Å². The second-order valence-electron chi connectivity index (χ2n) is 10.1. The zero-order chi connectivity index (χ0) is 25.9. The molecule has 1 saturated carbocycles. The number of aliphatic hydroxyl groups is 1. The van der Waals surface area contributed by atoms with Gasteiger partial charge >= 0.3 is 0 Å². The number of nitrogens with one attached hydrogen (secondary N) is 1. The van der Waals surface area contributed by atoms with Gasteiger partial charge in [0.2, 0.25) is 5.95 Å². The van der Waals surface area contributed by atoms with Crippen LogP contribution in [0.2, 0.25) is 0 Å². The molecule has 5 rings (SSSR count). The summed E-state index contributed by atoms with van der Waals surface area (Å²) in [7, 11) is 0. The number of allylic oxidation sites excluding steroid dienone is 2. The van der Waals surface area contributed by atoms with E-state index in [-0.39, 0.29) is 18.4 Å². The highest BCUT2D eigenvalue weighted by Gasteiger charge is 2.35. The van der Waals surface area contributed by atoms with E-state index in [4.69, 9.17) is 19.9 Å². The summed E-state index contributed by atoms with van der Waals surface area (Å²) in [5.41, 5.74) is 6.39. The van der Waals surface area contributed by atoms with Crippen molar-refractivity contribution in [2.75, 3.05) is 11.9 Å². The Morgan fingerprint density at radius 3 is 2.68 bits per heavy atom. The third-order valence-electron chi connectivity index (χ3n) is 7.72. The Morgan fingerprint density at radius 2 is 1.95 bits per heavy atom. The number of aryl methyl sites for hydroxylation is 1. The van der Waals surface area contributed by atoms with Crippen LogP contribution in [0.15, 0.2) is 47.0 Å². The van der Waals surface area contributed by atoms with E-state index in [1.54, 1.807) is 11.3 Å². The lowest BCUT2D eigenvalue weighted by atomic mass is 9.93. The van der Waals surface area contributed by atoms with Crippen LogP contribution in [0.3, 0.4) is 0 Å². The van der Waals surface area contributed by atoms with Crippen molar-refractivity contribution in [1.29, 1.82) is 0 Å². The third-order valence-corrected chi connectivity index (χ3v) is 8.77. The molecular formula is C30H35N5OS. The topological polar surface area (TPSA) is 83.3 Å². The normalized spacial score (nSPS) is 22.1. The number of rotatable bonds is 7. The molecule has 2 N–H and O–H groups in total. The van der Waals surface area contributed by atoms with Crippen molar-refractivity contribution in [3.8, 4) is 10.6 Å². The van der Waals surface area contributed by atoms with Crippen molar-refractivity contribution in [2.24, 2.45) is 22.7 Å². The zero-order valence-corrected chi connectivity index (χ0v) is 22.8. The number of aliphatic imine (C=N–C) groups is 1. The van der Waals surface area contributed by atoms with Crippen LogP contribution in [0.4, 0.5) is 11.8 Å². The quantitative estimate of drug-likeness (QED) is 0.352. The summed E-state index contributed by atoms with van der Waals surface area (Å²) in [6.07, 6.45) is 9.40. The van der Waals surface area contributed by atoms with E-state index in [1.165, 1.54) is 11.1 Å². The Morgan fingerprint density at radius 1 is 1.14 bits per heavy atom. The predicted octanol–water partition coefficient (Wildman–Crippen LogP) is 7.09. The molecule has 1 aromatic carbocycles. The smallest absolute Gasteiger partial charge is 0.225 e. The average molecular weight is 514 g/mol. The summed E-state index contributed by atoms with van der Waals surface area (Å²) < 4.78 is 0. The molecule has 2 aliphatic carbocycles. The van der Waals surface area contributed by atoms with Crippen molar-refractivity contribution in [3.63, 3.8) is 0 Å². The van der Waals surface area contributed by atoms with E-state index in [2.05, 4.69) is 56.4 Å². The molecule has 2 aliphatic rings. The molecule has 0 bridgehead atoms. The van der Waals surface area contributed by atoms with Gasteiger partial charge in [-0.15, -0.1) is 11.3 Å². The predicted molar refractivity (Wildman–Crippen MR) is 154 cm³/mol. The van der Waals surface area contributed by atoms with Crippen LogP contribution in [0.5, 0.6) is 0 Å². The maximum Gasteiger partial charge on any atom is 0.225 e. The fourth-order valence-electron chi connectivity index (χ4n) is 5.10. The summed E-state index contributed by atoms with van der Waals surface area (Å²) in [5.74, 6) is 2.11. The van der Waals surface area contributed by atoms with Gasteiger partial charge in [-0.1, -0.05) is 62.8 Å². The molecule has 3 atom stereocenters. The summed E-state index contributed by atoms with van der Waals surface area (Å²) >= 11 is 1.67. The van der Waals surface area contributed by atoms with Crippen molar-refractivity contribution < 1.29 is 5.11 Å². The standard InChI is InChI=1S/C30H35N5OS/c1-5-21-12-9-13-26-25(14-21)34-29(37-26)27-20(4)32-30(31-16-22-10-7-6-8-11-22)35-28(27)33-24-15-23(17-36)18(2)19(24)3/h6-11,13-14,18-19,23,36H,5,12,15-17H2,1-4H3,(H,31,32,35). The van der Waals surface area contributed by atoms with Gasteiger partial charge in [0.25, 0.3) is 0 Å². The first-order valence-corrected chi connectivity index (χ1v) is 14.0. The third kappa shape index (κ3) is 5.43. The van der Waals surface area contributed by atoms with Gasteiger partial charge in [-0.2, -0.15) is 4.98 Å². The molecule has 3 unspecified atom stereocenters. The second-order valence-corrected chi connectivity index (χ2v) is 11.1. The average Bonchev–Trinajstić information content (AvgIpc) is 3.34. The van der Waals surface area contributed by atoms with Crippen LogP contribution < -0.4 is 5.32 Å². The van der Waals surface area contributed by atoms with E-state index < -0.39 is 0 Å². The van der Waals surface area contributed by atoms with Crippen LogP contribution in [0.1, 0.15) is 61.9 Å². The first kappa shape index (κ1) is 25.5. The first-order valence-electron chi connectivity index (χ1n) is 13.2. The molecule has 37 heavy (non-hydrogen) atoms. The van der Waals surface area contributed by atoms with E-state index in [1.807, 2.05) is 25.1 Å². The Kier molecular flexibility index (Phi) is 7.63. The molecule has 2 aromatic heterocycles. The number of hydrogen-bond acceptors (Lipinski definition) is 7. The molecule has 0 amide bonds. The van der Waals surface area contributed by atoms with Gasteiger partial charge < -0.3 is 10.4 Å². The van der Waals surface area contributed by atoms with E-state index in [0.29, 0.717) is 24.2 Å². The van der Waals surface area contributed by atoms with Crippen LogP contribution >= 0.6 is 11.3 Å². The minimum Gasteiger partial charge on any atom is -0.396 e. The number of nitrogens with zero attached hydrogens (tertiary/aromatic N) is 4. The summed E-state index contributed by atoms with van der Waals surface area (Å²) in [4.78, 5) is 21.1. The maximum absolute atomic E-state index is 9.88. The molecule has 1 fully saturated rings. The minimum atomic E-state index is 0.182. The highest BCUT2D eigenvalue weighted by molar-refractivity contribution is 7.16. The van der Waals surface area contributed by atoms with Crippen molar-refractivity contribution in [1.82, 2.24) is 15.0 Å². The minimum absolute atomic E-state index is 0.182. The zero-order valence-electron chi connectivity index (χ0n) is 22.0. The number of benzene rings is 1. The highest BCUT2D eigenvalue weighted by Crippen LogP contribution is 2.41. The second kappa shape index (κ2) is 11.1. The molecule has 0 aliphatic heterocycles. The van der Waals surface area contributed by atoms with Gasteiger partial charge in [0.05, 0.1) is 21.8 Å². The maximum atomic E-state index is 9.88. The Labute approximate surface area is 223 Å². The lowest BCUT2D eigenvalue weighted by Crippen LogP contribution is -2.13. The molecule has 192 valence electrons. The molecule has 0 saturated heterocycles. The Bertz CT molecular complexity index is 1360. The fourth-order valence-corrected chi connectivity index (χ4v) is 6.17. The van der Waals surface area contributed by atoms with Gasteiger partial charge in [0.15, 0.2) is 5.82 Å². The number of aromatic nitrogens is 3. The summed E-state index contributed by atoms with van der Waals surface area (Å²) in [6, 6.07) is 10.2. The number of hydrogen-bond donors (Lipinski definition) is 2. The van der Waals surface area contributed by atoms with Crippen LogP contribution in [0, 0.1) is 24.7 Å². The lowest BCUT2D eigenvalue weighted by molar-refractivity contribution is 0.191. The van der Waals surface area contributed by atoms with Crippen LogP contribution in [-0.2, 0) is 6.54 Å². The molecular weight excluding hydrogens is 478 g/mol. The van der Waals surface area contributed by atoms with Gasteiger partial charge in [0.1, 0.15) is 5.01 Å². The lowest BCUT2D eigenvalue weighted by Gasteiger charge is -2.14. The number of aliphatic hydroxyl groups excluding tert-OH is 1. The molecule has 3 aromatic rings. The molecule has 6 nitrogen and oxygen atoms in total. The van der Waals surface area contributed by atoms with Crippen LogP contribution in [0.25, 0.3) is 22.7 Å². The van der Waals surface area contributed by atoms with Crippen molar-refractivity contribution >= 4 is 41.0 Å². The van der Waals surface area contributed by atoms with Gasteiger partial charge in [-0.25, -0.2) is 15.0 Å². The fraction of sp³-hybridized carbons (Fsp3) is 0.400. The first-order chi connectivity index (χ1) is 18.0. The van der Waals surface area contributed by atoms with Gasteiger partial charge in [-0.05, 0) is 61.7 Å². The van der Waals surface area contributed by atoms with E-state index in [0.717, 1.165) is 51.8 Å². The van der Waals surface area contributed by atoms with Crippen molar-refractivity contribution in [2.45, 2.75) is 53.5 Å². The monoisotopic (exact) mass is 513 g/mol. The molecule has 0 spiro atoms. The molecule has 0 radical (unpaired) electrons. The Hall–Kier alpha value is -3.16.